The van der Waals surface area contributed by atoms with Gasteiger partial charge in [-0.25, -0.2) is 9.59 Å². The summed E-state index contributed by atoms with van der Waals surface area (Å²) in [4.78, 5) is 25.1. The second-order valence-corrected chi connectivity index (χ2v) is 6.02. The Kier molecular flexibility index (Phi) is 3.50. The van der Waals surface area contributed by atoms with Crippen molar-refractivity contribution in [2.45, 2.75) is 45.1 Å². The van der Waals surface area contributed by atoms with Gasteiger partial charge in [-0.3, -0.25) is 0 Å². The van der Waals surface area contributed by atoms with Crippen LogP contribution in [0.3, 0.4) is 0 Å². The first kappa shape index (κ1) is 13.2. The molecule has 0 aromatic rings. The van der Waals surface area contributed by atoms with Crippen LogP contribution in [0, 0.1) is 11.8 Å². The van der Waals surface area contributed by atoms with E-state index in [1.54, 1.807) is 4.90 Å². The summed E-state index contributed by atoms with van der Waals surface area (Å²) in [6, 6.07) is -0.212. The van der Waals surface area contributed by atoms with Gasteiger partial charge < -0.3 is 15.3 Å². The van der Waals surface area contributed by atoms with E-state index in [1.165, 1.54) is 0 Å². The summed E-state index contributed by atoms with van der Waals surface area (Å²) in [5.41, 5.74) is -0.999. The fourth-order valence-electron chi connectivity index (χ4n) is 3.04. The number of hydrogen-bond acceptors (Lipinski definition) is 2. The maximum Gasteiger partial charge on any atom is 0.329 e. The van der Waals surface area contributed by atoms with Gasteiger partial charge in [-0.1, -0.05) is 13.8 Å². The van der Waals surface area contributed by atoms with Gasteiger partial charge in [0.25, 0.3) is 0 Å². The molecule has 2 amide bonds. The number of aliphatic carboxylic acids is 1. The highest BCUT2D eigenvalue weighted by atomic mass is 16.4. The summed E-state index contributed by atoms with van der Waals surface area (Å²) >= 11 is 0. The highest BCUT2D eigenvalue weighted by Crippen LogP contribution is 2.32. The largest absolute Gasteiger partial charge is 0.480 e. The van der Waals surface area contributed by atoms with Crippen molar-refractivity contribution in [3.63, 3.8) is 0 Å². The van der Waals surface area contributed by atoms with Gasteiger partial charge in [0, 0.05) is 13.1 Å². The van der Waals surface area contributed by atoms with E-state index in [-0.39, 0.29) is 6.03 Å². The molecule has 2 rings (SSSR count). The number of hydrogen-bond donors (Lipinski definition) is 2. The first-order valence-corrected chi connectivity index (χ1v) is 6.73. The van der Waals surface area contributed by atoms with E-state index < -0.39 is 11.5 Å². The van der Waals surface area contributed by atoms with Crippen molar-refractivity contribution in [2.24, 2.45) is 11.8 Å². The number of urea groups is 1. The molecular formula is C13H22N2O3. The molecule has 0 spiro atoms. The molecule has 2 fully saturated rings. The van der Waals surface area contributed by atoms with Crippen LogP contribution in [0.15, 0.2) is 0 Å². The molecule has 1 heterocycles. The maximum absolute atomic E-state index is 12.2. The first-order valence-electron chi connectivity index (χ1n) is 6.73. The molecule has 0 radical (unpaired) electrons. The highest BCUT2D eigenvalue weighted by Gasteiger charge is 2.46. The Morgan fingerprint density at radius 3 is 2.17 bits per heavy atom. The van der Waals surface area contributed by atoms with Crippen molar-refractivity contribution in [1.82, 2.24) is 10.2 Å². The zero-order valence-corrected chi connectivity index (χ0v) is 11.1. The number of rotatable bonds is 2. The molecule has 102 valence electrons. The molecule has 1 aliphatic heterocycles. The minimum atomic E-state index is -0.999. The van der Waals surface area contributed by atoms with Crippen LogP contribution >= 0.6 is 0 Å². The van der Waals surface area contributed by atoms with Crippen molar-refractivity contribution in [3.8, 4) is 0 Å². The predicted octanol–water partition coefficient (Wildman–Crippen LogP) is 1.68. The molecule has 2 atom stereocenters. The van der Waals surface area contributed by atoms with Crippen molar-refractivity contribution >= 4 is 12.0 Å². The zero-order chi connectivity index (χ0) is 13.3. The minimum Gasteiger partial charge on any atom is -0.480 e. The average Bonchev–Trinajstić information content (AvgIpc) is 2.21. The number of carboxylic acids is 1. The van der Waals surface area contributed by atoms with Gasteiger partial charge >= 0.3 is 12.0 Å². The van der Waals surface area contributed by atoms with Crippen molar-refractivity contribution in [2.75, 3.05) is 13.1 Å². The zero-order valence-electron chi connectivity index (χ0n) is 11.1. The maximum atomic E-state index is 12.2. The molecule has 1 saturated carbocycles. The number of carbonyl (C=O) groups is 2. The van der Waals surface area contributed by atoms with Gasteiger partial charge in [0.05, 0.1) is 0 Å². The Hall–Kier alpha value is -1.26. The molecule has 5 nitrogen and oxygen atoms in total. The van der Waals surface area contributed by atoms with Crippen molar-refractivity contribution < 1.29 is 14.7 Å². The van der Waals surface area contributed by atoms with Crippen molar-refractivity contribution in [1.29, 1.82) is 0 Å². The van der Waals surface area contributed by atoms with Crippen LogP contribution in [0.2, 0.25) is 0 Å². The Labute approximate surface area is 108 Å². The van der Waals surface area contributed by atoms with E-state index in [9.17, 15) is 14.7 Å². The molecule has 2 N–H and O–H groups in total. The molecule has 2 aliphatic rings. The fraction of sp³-hybridized carbons (Fsp3) is 0.846. The number of carboxylic acid groups (broad SMARTS) is 1. The van der Waals surface area contributed by atoms with Crippen LogP contribution in [0.25, 0.3) is 0 Å². The summed E-state index contributed by atoms with van der Waals surface area (Å²) in [5, 5.41) is 11.9. The SMILES string of the molecule is CC1CC(C)CN(C(=O)NC2(C(=O)O)CCC2)C1. The lowest BCUT2D eigenvalue weighted by atomic mass is 9.77. The molecular weight excluding hydrogens is 232 g/mol. The Balaban J connectivity index is 1.97. The third-order valence-electron chi connectivity index (χ3n) is 4.12. The average molecular weight is 254 g/mol. The lowest BCUT2D eigenvalue weighted by molar-refractivity contribution is -0.148. The molecule has 18 heavy (non-hydrogen) atoms. The third-order valence-corrected chi connectivity index (χ3v) is 4.12. The molecule has 1 aliphatic carbocycles. The number of likely N-dealkylation sites (tertiary alicyclic amines) is 1. The molecule has 0 bridgehead atoms. The summed E-state index contributed by atoms with van der Waals surface area (Å²) in [6.07, 6.45) is 3.10. The number of carbonyl (C=O) groups excluding carboxylic acids is 1. The summed E-state index contributed by atoms with van der Waals surface area (Å²) in [6.45, 7) is 5.72. The van der Waals surface area contributed by atoms with E-state index in [0.717, 1.165) is 25.9 Å². The van der Waals surface area contributed by atoms with Crippen LogP contribution in [0.4, 0.5) is 4.79 Å². The lowest BCUT2D eigenvalue weighted by Crippen LogP contribution is -2.62. The highest BCUT2D eigenvalue weighted by molar-refractivity contribution is 5.87. The summed E-state index contributed by atoms with van der Waals surface area (Å²) < 4.78 is 0. The van der Waals surface area contributed by atoms with Gasteiger partial charge in [-0.15, -0.1) is 0 Å². The molecule has 2 unspecified atom stereocenters. The van der Waals surface area contributed by atoms with Crippen molar-refractivity contribution in [3.05, 3.63) is 0 Å². The number of piperidine rings is 1. The molecule has 5 heteroatoms. The van der Waals surface area contributed by atoms with E-state index in [1.807, 2.05) is 0 Å². The first-order chi connectivity index (χ1) is 8.43. The topological polar surface area (TPSA) is 69.6 Å². The Bertz CT molecular complexity index is 342. The van der Waals surface area contributed by atoms with Crippen LogP contribution in [-0.2, 0) is 4.79 Å². The van der Waals surface area contributed by atoms with Crippen LogP contribution in [-0.4, -0.2) is 40.6 Å². The van der Waals surface area contributed by atoms with Gasteiger partial charge in [0.15, 0.2) is 0 Å². The van der Waals surface area contributed by atoms with E-state index >= 15 is 0 Å². The van der Waals surface area contributed by atoms with E-state index in [0.29, 0.717) is 24.7 Å². The quantitative estimate of drug-likeness (QED) is 0.787. The standard InChI is InChI=1S/C13H22N2O3/c1-9-6-10(2)8-15(7-9)12(18)14-13(11(16)17)4-3-5-13/h9-10H,3-8H2,1-2H3,(H,14,18)(H,16,17). The van der Waals surface area contributed by atoms with E-state index in [2.05, 4.69) is 19.2 Å². The monoisotopic (exact) mass is 254 g/mol. The Morgan fingerprint density at radius 2 is 1.78 bits per heavy atom. The van der Waals surface area contributed by atoms with Gasteiger partial charge in [-0.2, -0.15) is 0 Å². The molecule has 1 saturated heterocycles. The molecule has 0 aromatic carbocycles. The number of amides is 2. The van der Waals surface area contributed by atoms with Crippen LogP contribution < -0.4 is 5.32 Å². The van der Waals surface area contributed by atoms with Gasteiger partial charge in [0.1, 0.15) is 5.54 Å². The minimum absolute atomic E-state index is 0.212. The Morgan fingerprint density at radius 1 is 1.22 bits per heavy atom. The normalized spacial score (nSPS) is 30.4. The fourth-order valence-corrected chi connectivity index (χ4v) is 3.04. The summed E-state index contributed by atoms with van der Waals surface area (Å²) in [7, 11) is 0. The molecule has 0 aromatic heterocycles. The summed E-state index contributed by atoms with van der Waals surface area (Å²) in [5.74, 6) is 0.0727. The van der Waals surface area contributed by atoms with Crippen LogP contribution in [0.1, 0.15) is 39.5 Å². The lowest BCUT2D eigenvalue weighted by Gasteiger charge is -2.42. The second-order valence-electron chi connectivity index (χ2n) is 6.02. The van der Waals surface area contributed by atoms with E-state index in [4.69, 9.17) is 0 Å². The predicted molar refractivity (Wildman–Crippen MR) is 67.3 cm³/mol. The third kappa shape index (κ3) is 2.44. The second kappa shape index (κ2) is 4.78. The van der Waals surface area contributed by atoms with Gasteiger partial charge in [-0.05, 0) is 37.5 Å². The number of nitrogens with zero attached hydrogens (tertiary/aromatic N) is 1. The van der Waals surface area contributed by atoms with Crippen LogP contribution in [0.5, 0.6) is 0 Å². The van der Waals surface area contributed by atoms with Gasteiger partial charge in [0.2, 0.25) is 0 Å². The number of nitrogens with one attached hydrogen (secondary N) is 1. The smallest absolute Gasteiger partial charge is 0.329 e.